The van der Waals surface area contributed by atoms with E-state index in [0.29, 0.717) is 5.69 Å². The first-order valence-electron chi connectivity index (χ1n) is 6.28. The molecule has 7 heteroatoms. The molecule has 0 aliphatic heterocycles. The summed E-state index contributed by atoms with van der Waals surface area (Å²) >= 11 is 0. The highest BCUT2D eigenvalue weighted by Crippen LogP contribution is 2.19. The summed E-state index contributed by atoms with van der Waals surface area (Å²) in [6, 6.07) is 5.61. The second-order valence-electron chi connectivity index (χ2n) is 5.08. The molecule has 0 atom stereocenters. The highest BCUT2D eigenvalue weighted by Gasteiger charge is 2.25. The molecule has 0 fully saturated rings. The third-order valence-electron chi connectivity index (χ3n) is 3.26. The van der Waals surface area contributed by atoms with Crippen LogP contribution in [0.15, 0.2) is 24.5 Å². The number of carbonyl (C=O) groups excluding carboxylic acids is 1. The summed E-state index contributed by atoms with van der Waals surface area (Å²) in [5, 5.41) is 16.9. The number of aromatic nitrogens is 4. The topological polar surface area (TPSA) is 84.7 Å². The van der Waals surface area contributed by atoms with Crippen molar-refractivity contribution >= 4 is 11.6 Å². The Morgan fingerprint density at radius 3 is 2.70 bits per heavy atom. The molecule has 7 nitrogen and oxygen atoms in total. The Morgan fingerprint density at radius 2 is 2.10 bits per heavy atom. The predicted molar refractivity (Wildman–Crippen MR) is 75.7 cm³/mol. The third-order valence-corrected chi connectivity index (χ3v) is 3.26. The van der Waals surface area contributed by atoms with E-state index in [2.05, 4.69) is 26.2 Å². The van der Waals surface area contributed by atoms with Crippen molar-refractivity contribution in [3.63, 3.8) is 0 Å². The first-order chi connectivity index (χ1) is 9.44. The Labute approximate surface area is 117 Å². The van der Waals surface area contributed by atoms with Gasteiger partial charge in [0.1, 0.15) is 6.33 Å². The fourth-order valence-electron chi connectivity index (χ4n) is 1.61. The number of carbonyl (C=O) groups is 1. The molecule has 0 radical (unpaired) electrons. The van der Waals surface area contributed by atoms with E-state index in [1.54, 1.807) is 11.7 Å². The van der Waals surface area contributed by atoms with Crippen molar-refractivity contribution in [1.82, 2.24) is 25.5 Å². The highest BCUT2D eigenvalue weighted by molar-refractivity contribution is 5.97. The van der Waals surface area contributed by atoms with E-state index in [1.807, 2.05) is 39.0 Å². The maximum atomic E-state index is 12.1. The summed E-state index contributed by atoms with van der Waals surface area (Å²) in [6.45, 7) is 5.59. The molecule has 0 spiro atoms. The summed E-state index contributed by atoms with van der Waals surface area (Å²) in [5.41, 5.74) is 1.91. The van der Waals surface area contributed by atoms with Crippen molar-refractivity contribution in [2.75, 3.05) is 12.4 Å². The van der Waals surface area contributed by atoms with Crippen LogP contribution in [0, 0.1) is 6.92 Å². The normalized spacial score (nSPS) is 11.4. The van der Waals surface area contributed by atoms with E-state index < -0.39 is 5.54 Å². The van der Waals surface area contributed by atoms with E-state index >= 15 is 0 Å². The molecule has 0 unspecified atom stereocenters. The van der Waals surface area contributed by atoms with E-state index in [0.717, 1.165) is 11.3 Å². The second-order valence-corrected chi connectivity index (χ2v) is 5.08. The van der Waals surface area contributed by atoms with Gasteiger partial charge in [-0.2, -0.15) is 0 Å². The lowest BCUT2D eigenvalue weighted by Crippen LogP contribution is -2.47. The minimum atomic E-state index is -0.639. The average Bonchev–Trinajstić information content (AvgIpc) is 2.94. The summed E-state index contributed by atoms with van der Waals surface area (Å²) in [7, 11) is 1.75. The van der Waals surface area contributed by atoms with Gasteiger partial charge in [-0.1, -0.05) is 6.07 Å². The standard InChI is InChI=1S/C13H18N6O/c1-9-5-6-10(16-12(20)13(2,3)14-4)7-11(9)19-8-15-17-18-19/h5-8,14H,1-4H3,(H,16,20). The van der Waals surface area contributed by atoms with Crippen molar-refractivity contribution < 1.29 is 4.79 Å². The molecule has 0 saturated carbocycles. The molecule has 2 rings (SSSR count). The Kier molecular flexibility index (Phi) is 3.80. The number of nitrogens with zero attached hydrogens (tertiary/aromatic N) is 4. The van der Waals surface area contributed by atoms with E-state index in [4.69, 9.17) is 0 Å². The molecular formula is C13H18N6O. The van der Waals surface area contributed by atoms with E-state index in [9.17, 15) is 4.79 Å². The van der Waals surface area contributed by atoms with Gasteiger partial charge in [-0.15, -0.1) is 5.10 Å². The number of tetrazole rings is 1. The van der Waals surface area contributed by atoms with Gasteiger partial charge in [-0.05, 0) is 55.9 Å². The molecule has 1 amide bonds. The van der Waals surface area contributed by atoms with Crippen LogP contribution >= 0.6 is 0 Å². The van der Waals surface area contributed by atoms with Crippen LogP contribution in [-0.4, -0.2) is 38.7 Å². The number of amides is 1. The van der Waals surface area contributed by atoms with Crippen molar-refractivity contribution in [3.8, 4) is 5.69 Å². The van der Waals surface area contributed by atoms with Crippen LogP contribution in [0.1, 0.15) is 19.4 Å². The number of benzene rings is 1. The van der Waals surface area contributed by atoms with Gasteiger partial charge < -0.3 is 10.6 Å². The van der Waals surface area contributed by atoms with Crippen molar-refractivity contribution in [1.29, 1.82) is 0 Å². The minimum absolute atomic E-state index is 0.105. The minimum Gasteiger partial charge on any atom is -0.324 e. The summed E-state index contributed by atoms with van der Waals surface area (Å²) in [4.78, 5) is 12.1. The molecule has 1 aromatic heterocycles. The molecule has 0 aliphatic carbocycles. The fraction of sp³-hybridized carbons (Fsp3) is 0.385. The summed E-state index contributed by atoms with van der Waals surface area (Å²) in [6.07, 6.45) is 1.52. The van der Waals surface area contributed by atoms with Gasteiger partial charge >= 0.3 is 0 Å². The zero-order valence-corrected chi connectivity index (χ0v) is 12.0. The van der Waals surface area contributed by atoms with Crippen LogP contribution in [-0.2, 0) is 4.79 Å². The molecule has 1 heterocycles. The Bertz CT molecular complexity index is 605. The molecule has 2 aromatic rings. The van der Waals surface area contributed by atoms with Gasteiger partial charge in [0.25, 0.3) is 0 Å². The first kappa shape index (κ1) is 14.1. The number of nitrogens with one attached hydrogen (secondary N) is 2. The Morgan fingerprint density at radius 1 is 1.35 bits per heavy atom. The van der Waals surface area contributed by atoms with Crippen molar-refractivity contribution in [2.45, 2.75) is 26.3 Å². The molecule has 0 bridgehead atoms. The SMILES string of the molecule is CNC(C)(C)C(=O)Nc1ccc(C)c(-n2cnnn2)c1. The van der Waals surface area contributed by atoms with Crippen LogP contribution in [0.2, 0.25) is 0 Å². The van der Waals surface area contributed by atoms with Gasteiger partial charge in [0, 0.05) is 5.69 Å². The summed E-state index contributed by atoms with van der Waals surface area (Å²) < 4.78 is 1.56. The maximum Gasteiger partial charge on any atom is 0.244 e. The lowest BCUT2D eigenvalue weighted by atomic mass is 10.0. The number of anilines is 1. The average molecular weight is 274 g/mol. The monoisotopic (exact) mass is 274 g/mol. The second kappa shape index (κ2) is 5.38. The van der Waals surface area contributed by atoms with Crippen molar-refractivity contribution in [3.05, 3.63) is 30.1 Å². The van der Waals surface area contributed by atoms with Gasteiger partial charge in [0.05, 0.1) is 11.2 Å². The molecule has 1 aromatic carbocycles. The van der Waals surface area contributed by atoms with Gasteiger partial charge in [0.2, 0.25) is 5.91 Å². The molecular weight excluding hydrogens is 256 g/mol. The fourth-order valence-corrected chi connectivity index (χ4v) is 1.61. The number of rotatable bonds is 4. The lowest BCUT2D eigenvalue weighted by molar-refractivity contribution is -0.121. The van der Waals surface area contributed by atoms with E-state index in [1.165, 1.54) is 6.33 Å². The molecule has 0 saturated heterocycles. The number of likely N-dealkylation sites (N-methyl/N-ethyl adjacent to an activating group) is 1. The van der Waals surface area contributed by atoms with Gasteiger partial charge in [-0.25, -0.2) is 4.68 Å². The zero-order chi connectivity index (χ0) is 14.8. The molecule has 20 heavy (non-hydrogen) atoms. The number of aryl methyl sites for hydroxylation is 1. The lowest BCUT2D eigenvalue weighted by Gasteiger charge is -2.23. The van der Waals surface area contributed by atoms with Gasteiger partial charge in [0.15, 0.2) is 0 Å². The van der Waals surface area contributed by atoms with Crippen LogP contribution in [0.4, 0.5) is 5.69 Å². The first-order valence-corrected chi connectivity index (χ1v) is 6.28. The molecule has 106 valence electrons. The van der Waals surface area contributed by atoms with E-state index in [-0.39, 0.29) is 5.91 Å². The molecule has 0 aliphatic rings. The summed E-state index contributed by atoms with van der Waals surface area (Å²) in [5.74, 6) is -0.105. The van der Waals surface area contributed by atoms with Crippen LogP contribution in [0.5, 0.6) is 0 Å². The quantitative estimate of drug-likeness (QED) is 0.865. The number of hydrogen-bond donors (Lipinski definition) is 2. The van der Waals surface area contributed by atoms with Gasteiger partial charge in [-0.3, -0.25) is 4.79 Å². The largest absolute Gasteiger partial charge is 0.324 e. The zero-order valence-electron chi connectivity index (χ0n) is 12.0. The number of hydrogen-bond acceptors (Lipinski definition) is 5. The smallest absolute Gasteiger partial charge is 0.244 e. The van der Waals surface area contributed by atoms with Crippen LogP contribution in [0.3, 0.4) is 0 Å². The molecule has 2 N–H and O–H groups in total. The van der Waals surface area contributed by atoms with Crippen LogP contribution < -0.4 is 10.6 Å². The Hall–Kier alpha value is -2.28. The van der Waals surface area contributed by atoms with Crippen molar-refractivity contribution in [2.24, 2.45) is 0 Å². The third kappa shape index (κ3) is 2.83. The maximum absolute atomic E-state index is 12.1. The predicted octanol–water partition coefficient (Wildman–Crippen LogP) is 0.907. The van der Waals surface area contributed by atoms with Crippen LogP contribution in [0.25, 0.3) is 5.69 Å². The highest BCUT2D eigenvalue weighted by atomic mass is 16.2. The Balaban J connectivity index is 2.27.